The van der Waals surface area contributed by atoms with Crippen molar-refractivity contribution >= 4 is 11.8 Å². The van der Waals surface area contributed by atoms with Gasteiger partial charge in [0.05, 0.1) is 26.9 Å². The van der Waals surface area contributed by atoms with Crippen molar-refractivity contribution in [3.05, 3.63) is 48.0 Å². The van der Waals surface area contributed by atoms with Crippen LogP contribution in [-0.2, 0) is 9.53 Å². The number of methoxy groups -OCH3 is 3. The molecule has 0 spiro atoms. The van der Waals surface area contributed by atoms with Crippen molar-refractivity contribution in [3.8, 4) is 23.0 Å². The zero-order valence-electron chi connectivity index (χ0n) is 14.8. The molecule has 26 heavy (non-hydrogen) atoms. The molecule has 0 bridgehead atoms. The molecule has 0 heterocycles. The van der Waals surface area contributed by atoms with E-state index in [1.165, 1.54) is 20.3 Å². The predicted molar refractivity (Wildman–Crippen MR) is 93.3 cm³/mol. The maximum atomic E-state index is 12.3. The van der Waals surface area contributed by atoms with Gasteiger partial charge in [-0.3, -0.25) is 4.79 Å². The van der Waals surface area contributed by atoms with Gasteiger partial charge < -0.3 is 23.7 Å². The molecule has 7 nitrogen and oxygen atoms in total. The molecule has 2 rings (SSSR count). The third kappa shape index (κ3) is 5.14. The molecule has 0 aromatic heterocycles. The van der Waals surface area contributed by atoms with E-state index >= 15 is 0 Å². The van der Waals surface area contributed by atoms with Crippen molar-refractivity contribution in [1.82, 2.24) is 0 Å². The van der Waals surface area contributed by atoms with Crippen LogP contribution in [-0.4, -0.2) is 46.3 Å². The number of hydrogen-bond acceptors (Lipinski definition) is 7. The second-order valence-corrected chi connectivity index (χ2v) is 5.11. The number of benzene rings is 2. The Hall–Kier alpha value is -3.22. The summed E-state index contributed by atoms with van der Waals surface area (Å²) >= 11 is 0. The monoisotopic (exact) mass is 360 g/mol. The largest absolute Gasteiger partial charge is 0.497 e. The number of rotatable bonds is 9. The lowest BCUT2D eigenvalue weighted by molar-refractivity contribution is -0.144. The van der Waals surface area contributed by atoms with Gasteiger partial charge in [0.1, 0.15) is 23.0 Å². The van der Waals surface area contributed by atoms with Gasteiger partial charge in [-0.2, -0.15) is 0 Å². The Morgan fingerprint density at radius 3 is 2.00 bits per heavy atom. The summed E-state index contributed by atoms with van der Waals surface area (Å²) < 4.78 is 25.5. The molecule has 0 atom stereocenters. The van der Waals surface area contributed by atoms with Gasteiger partial charge in [0.2, 0.25) is 5.78 Å². The van der Waals surface area contributed by atoms with Crippen molar-refractivity contribution in [2.75, 3.05) is 34.5 Å². The van der Waals surface area contributed by atoms with E-state index in [0.717, 1.165) is 0 Å². The SMILES string of the molecule is COc1ccc(OCC(=O)OCC(=O)c2cc(OC)ccc2OC)cc1. The highest BCUT2D eigenvalue weighted by Gasteiger charge is 2.16. The third-order valence-electron chi connectivity index (χ3n) is 3.49. The van der Waals surface area contributed by atoms with E-state index in [1.807, 2.05) is 0 Å². The molecule has 2 aromatic carbocycles. The smallest absolute Gasteiger partial charge is 0.344 e. The van der Waals surface area contributed by atoms with E-state index in [4.69, 9.17) is 23.7 Å². The Labute approximate surface area is 151 Å². The van der Waals surface area contributed by atoms with Crippen molar-refractivity contribution < 1.29 is 33.3 Å². The van der Waals surface area contributed by atoms with Gasteiger partial charge in [0.25, 0.3) is 0 Å². The quantitative estimate of drug-likeness (QED) is 0.502. The van der Waals surface area contributed by atoms with Crippen LogP contribution in [0.4, 0.5) is 0 Å². The highest BCUT2D eigenvalue weighted by atomic mass is 16.6. The number of ketones is 1. The zero-order valence-corrected chi connectivity index (χ0v) is 14.8. The Morgan fingerprint density at radius 1 is 0.769 bits per heavy atom. The molecule has 2 aromatic rings. The van der Waals surface area contributed by atoms with Gasteiger partial charge in [-0.1, -0.05) is 0 Å². The summed E-state index contributed by atoms with van der Waals surface area (Å²) in [5.41, 5.74) is 0.274. The average Bonchev–Trinajstić information content (AvgIpc) is 2.70. The number of esters is 1. The maximum absolute atomic E-state index is 12.3. The molecule has 0 aliphatic rings. The normalized spacial score (nSPS) is 9.96. The fraction of sp³-hybridized carbons (Fsp3) is 0.263. The molecule has 0 unspecified atom stereocenters. The summed E-state index contributed by atoms with van der Waals surface area (Å²) in [6, 6.07) is 11.6. The molecule has 0 amide bonds. The van der Waals surface area contributed by atoms with Crippen LogP contribution < -0.4 is 18.9 Å². The van der Waals surface area contributed by atoms with E-state index in [1.54, 1.807) is 43.5 Å². The van der Waals surface area contributed by atoms with E-state index < -0.39 is 18.4 Å². The van der Waals surface area contributed by atoms with Crippen molar-refractivity contribution in [2.45, 2.75) is 0 Å². The fourth-order valence-electron chi connectivity index (χ4n) is 2.11. The van der Waals surface area contributed by atoms with Crippen molar-refractivity contribution in [3.63, 3.8) is 0 Å². The molecule has 0 saturated carbocycles. The molecule has 0 fully saturated rings. The summed E-state index contributed by atoms with van der Waals surface area (Å²) in [6.45, 7) is -0.733. The highest BCUT2D eigenvalue weighted by molar-refractivity contribution is 6.00. The van der Waals surface area contributed by atoms with Crippen LogP contribution in [0.25, 0.3) is 0 Å². The first-order chi connectivity index (χ1) is 12.6. The van der Waals surface area contributed by atoms with Gasteiger partial charge in [-0.05, 0) is 42.5 Å². The molecule has 0 N–H and O–H groups in total. The molecule has 138 valence electrons. The first-order valence-electron chi connectivity index (χ1n) is 7.75. The number of hydrogen-bond donors (Lipinski definition) is 0. The second-order valence-electron chi connectivity index (χ2n) is 5.11. The van der Waals surface area contributed by atoms with Crippen LogP contribution in [0.15, 0.2) is 42.5 Å². The molecule has 7 heteroatoms. The minimum absolute atomic E-state index is 0.274. The van der Waals surface area contributed by atoms with Crippen LogP contribution in [0.5, 0.6) is 23.0 Å². The first-order valence-corrected chi connectivity index (χ1v) is 7.75. The summed E-state index contributed by atoms with van der Waals surface area (Å²) in [6.07, 6.45) is 0. The Morgan fingerprint density at radius 2 is 1.38 bits per heavy atom. The topological polar surface area (TPSA) is 80.3 Å². The van der Waals surface area contributed by atoms with Crippen LogP contribution in [0.1, 0.15) is 10.4 Å². The summed E-state index contributed by atoms with van der Waals surface area (Å²) in [5.74, 6) is 0.987. The van der Waals surface area contributed by atoms with Gasteiger partial charge in [0.15, 0.2) is 13.2 Å². The molecule has 0 aliphatic carbocycles. The average molecular weight is 360 g/mol. The first kappa shape index (κ1) is 19.1. The van der Waals surface area contributed by atoms with Gasteiger partial charge >= 0.3 is 5.97 Å². The lowest BCUT2D eigenvalue weighted by Crippen LogP contribution is -2.20. The highest BCUT2D eigenvalue weighted by Crippen LogP contribution is 2.24. The van der Waals surface area contributed by atoms with Gasteiger partial charge in [-0.15, -0.1) is 0 Å². The molecular weight excluding hydrogens is 340 g/mol. The number of ether oxygens (including phenoxy) is 5. The van der Waals surface area contributed by atoms with E-state index in [0.29, 0.717) is 23.0 Å². The molecule has 0 saturated heterocycles. The molecular formula is C19H20O7. The lowest BCUT2D eigenvalue weighted by atomic mass is 10.1. The Kier molecular flexibility index (Phi) is 6.84. The van der Waals surface area contributed by atoms with Crippen LogP contribution >= 0.6 is 0 Å². The maximum Gasteiger partial charge on any atom is 0.344 e. The minimum atomic E-state index is -0.656. The van der Waals surface area contributed by atoms with Crippen LogP contribution in [0.2, 0.25) is 0 Å². The van der Waals surface area contributed by atoms with Gasteiger partial charge in [0, 0.05) is 0 Å². The number of Topliss-reactive ketones (excluding diaryl/α,β-unsaturated/α-hetero) is 1. The number of carbonyl (C=O) groups is 2. The van der Waals surface area contributed by atoms with Crippen molar-refractivity contribution in [1.29, 1.82) is 0 Å². The van der Waals surface area contributed by atoms with Crippen LogP contribution in [0.3, 0.4) is 0 Å². The van der Waals surface area contributed by atoms with E-state index in [2.05, 4.69) is 0 Å². The van der Waals surface area contributed by atoms with Crippen molar-refractivity contribution in [2.24, 2.45) is 0 Å². The zero-order chi connectivity index (χ0) is 18.9. The second kappa shape index (κ2) is 9.31. The van der Waals surface area contributed by atoms with Gasteiger partial charge in [-0.25, -0.2) is 4.79 Å². The lowest BCUT2D eigenvalue weighted by Gasteiger charge is -2.10. The summed E-state index contributed by atoms with van der Waals surface area (Å²) in [4.78, 5) is 24.0. The molecule has 0 radical (unpaired) electrons. The minimum Gasteiger partial charge on any atom is -0.497 e. The predicted octanol–water partition coefficient (Wildman–Crippen LogP) is 2.52. The summed E-state index contributed by atoms with van der Waals surface area (Å²) in [5, 5.41) is 0. The number of carbonyl (C=O) groups excluding carboxylic acids is 2. The standard InChI is InChI=1S/C19H20O7/c1-22-13-4-6-14(7-5-13)25-12-19(21)26-11-17(20)16-10-15(23-2)8-9-18(16)24-3/h4-10H,11-12H2,1-3H3. The molecule has 0 aliphatic heterocycles. The Bertz CT molecular complexity index is 753. The van der Waals surface area contributed by atoms with E-state index in [-0.39, 0.29) is 12.2 Å². The Balaban J connectivity index is 1.87. The summed E-state index contributed by atoms with van der Waals surface area (Å²) in [7, 11) is 4.50. The van der Waals surface area contributed by atoms with E-state index in [9.17, 15) is 9.59 Å². The fourth-order valence-corrected chi connectivity index (χ4v) is 2.11. The van der Waals surface area contributed by atoms with Crippen LogP contribution in [0, 0.1) is 0 Å². The third-order valence-corrected chi connectivity index (χ3v) is 3.49.